The van der Waals surface area contributed by atoms with E-state index in [0.29, 0.717) is 10.8 Å². The first-order chi connectivity index (χ1) is 9.94. The van der Waals surface area contributed by atoms with E-state index < -0.39 is 21.1 Å². The van der Waals surface area contributed by atoms with Crippen molar-refractivity contribution in [2.75, 3.05) is 0 Å². The van der Waals surface area contributed by atoms with Gasteiger partial charge in [-0.3, -0.25) is 0 Å². The molecule has 21 heavy (non-hydrogen) atoms. The van der Waals surface area contributed by atoms with E-state index in [-0.39, 0.29) is 5.75 Å². The van der Waals surface area contributed by atoms with Gasteiger partial charge in [-0.15, -0.1) is 0 Å². The van der Waals surface area contributed by atoms with Crippen LogP contribution in [-0.4, -0.2) is 12.6 Å². The van der Waals surface area contributed by atoms with Gasteiger partial charge in [0, 0.05) is 5.41 Å². The van der Waals surface area contributed by atoms with E-state index in [2.05, 4.69) is 4.18 Å². The molecule has 0 radical (unpaired) electrons. The second kappa shape index (κ2) is 5.55. The fourth-order valence-electron chi connectivity index (χ4n) is 3.07. The van der Waals surface area contributed by atoms with Crippen molar-refractivity contribution in [3.8, 4) is 5.75 Å². The standard InChI is InChI=1S/C14H17NO4S2/c15-21(17,18)19-11-6-7-12-13(9-20(16)14(12)8-11)10-4-2-1-3-5-10/h6-10H,1-5H2,(H2,15,17,18). The average Bonchev–Trinajstić information content (AvgIpc) is 2.75. The zero-order chi connectivity index (χ0) is 15.0. The number of rotatable bonds is 3. The number of hydrogen-bond donors (Lipinski definition) is 1. The van der Waals surface area contributed by atoms with Crippen LogP contribution in [0.1, 0.15) is 37.7 Å². The molecule has 1 aromatic carbocycles. The fourth-order valence-corrected chi connectivity index (χ4v) is 4.75. The minimum atomic E-state index is -4.06. The fraction of sp³-hybridized carbons (Fsp3) is 0.429. The van der Waals surface area contributed by atoms with Crippen LogP contribution < -0.4 is 9.32 Å². The lowest BCUT2D eigenvalue weighted by atomic mass is 9.82. The molecule has 0 saturated heterocycles. The Morgan fingerprint density at radius 3 is 2.57 bits per heavy atom. The molecule has 2 N–H and O–H groups in total. The number of hydrogen-bond acceptors (Lipinski definition) is 4. The molecule has 1 atom stereocenters. The van der Waals surface area contributed by atoms with E-state index in [1.54, 1.807) is 17.5 Å². The lowest BCUT2D eigenvalue weighted by Gasteiger charge is -2.23. The summed E-state index contributed by atoms with van der Waals surface area (Å²) >= 11 is 0. The summed E-state index contributed by atoms with van der Waals surface area (Å²) in [4.78, 5) is 0.608. The smallest absolute Gasteiger partial charge is 0.371 e. The van der Waals surface area contributed by atoms with Gasteiger partial charge < -0.3 is 4.18 Å². The summed E-state index contributed by atoms with van der Waals surface area (Å²) in [5.74, 6) is 0.553. The van der Waals surface area contributed by atoms with Crippen molar-refractivity contribution in [2.45, 2.75) is 37.0 Å². The Kier molecular flexibility index (Phi) is 3.90. The Bertz CT molecular complexity index is 718. The van der Waals surface area contributed by atoms with E-state index in [4.69, 9.17) is 5.14 Å². The molecule has 5 nitrogen and oxygen atoms in total. The quantitative estimate of drug-likeness (QED) is 0.923. The van der Waals surface area contributed by atoms with Gasteiger partial charge in [-0.25, -0.2) is 4.21 Å². The van der Waals surface area contributed by atoms with Crippen LogP contribution in [0.25, 0.3) is 5.57 Å². The minimum Gasteiger partial charge on any atom is -0.371 e. The predicted octanol–water partition coefficient (Wildman–Crippen LogP) is 2.31. The maximum Gasteiger partial charge on any atom is 0.380 e. The normalized spacial score (nSPS) is 22.7. The van der Waals surface area contributed by atoms with Crippen molar-refractivity contribution < 1.29 is 16.8 Å². The van der Waals surface area contributed by atoms with E-state index in [0.717, 1.165) is 24.0 Å². The maximum absolute atomic E-state index is 12.2. The first-order valence-corrected chi connectivity index (χ1v) is 9.61. The molecular weight excluding hydrogens is 310 g/mol. The summed E-state index contributed by atoms with van der Waals surface area (Å²) < 4.78 is 38.8. The summed E-state index contributed by atoms with van der Waals surface area (Å²) in [6, 6.07) is 4.84. The van der Waals surface area contributed by atoms with Crippen molar-refractivity contribution in [1.29, 1.82) is 0 Å². The van der Waals surface area contributed by atoms with Crippen LogP contribution in [0.2, 0.25) is 0 Å². The maximum atomic E-state index is 12.2. The molecule has 0 spiro atoms. The third kappa shape index (κ3) is 3.20. The number of benzene rings is 1. The molecule has 3 rings (SSSR count). The van der Waals surface area contributed by atoms with Crippen LogP contribution >= 0.6 is 0 Å². The molecule has 1 aromatic rings. The molecule has 0 aromatic heterocycles. The van der Waals surface area contributed by atoms with E-state index in [1.807, 2.05) is 0 Å². The summed E-state index contributed by atoms with van der Waals surface area (Å²) in [5.41, 5.74) is 2.08. The van der Waals surface area contributed by atoms with E-state index in [9.17, 15) is 12.6 Å². The molecule has 1 aliphatic heterocycles. The van der Waals surface area contributed by atoms with Crippen molar-refractivity contribution in [2.24, 2.45) is 11.1 Å². The second-order valence-electron chi connectivity index (χ2n) is 5.44. The van der Waals surface area contributed by atoms with Crippen molar-refractivity contribution in [3.05, 3.63) is 29.2 Å². The molecule has 7 heteroatoms. The average molecular weight is 327 g/mol. The molecule has 1 aliphatic carbocycles. The molecule has 2 aliphatic rings. The highest BCUT2D eigenvalue weighted by Crippen LogP contribution is 2.42. The van der Waals surface area contributed by atoms with Gasteiger partial charge in [-0.05, 0) is 48.1 Å². The molecule has 1 saturated carbocycles. The lowest BCUT2D eigenvalue weighted by molar-refractivity contribution is 0.429. The largest absolute Gasteiger partial charge is 0.380 e. The minimum absolute atomic E-state index is 0.0999. The van der Waals surface area contributed by atoms with E-state index in [1.165, 1.54) is 25.3 Å². The summed E-state index contributed by atoms with van der Waals surface area (Å²) in [6.45, 7) is 0. The highest BCUT2D eigenvalue weighted by molar-refractivity contribution is 7.88. The summed E-state index contributed by atoms with van der Waals surface area (Å²) in [6.07, 6.45) is 5.92. The summed E-state index contributed by atoms with van der Waals surface area (Å²) in [5, 5.41) is 6.65. The molecule has 1 unspecified atom stereocenters. The zero-order valence-electron chi connectivity index (χ0n) is 11.4. The van der Waals surface area contributed by atoms with Crippen LogP contribution in [0.15, 0.2) is 28.5 Å². The van der Waals surface area contributed by atoms with Crippen molar-refractivity contribution in [1.82, 2.24) is 0 Å². The number of nitrogens with two attached hydrogens (primary N) is 1. The first kappa shape index (κ1) is 14.7. The Morgan fingerprint density at radius 1 is 1.19 bits per heavy atom. The number of allylic oxidation sites excluding steroid dienone is 1. The number of fused-ring (bicyclic) bond motifs is 1. The van der Waals surface area contributed by atoms with Crippen LogP contribution in [0.3, 0.4) is 0 Å². The SMILES string of the molecule is NS(=O)(=O)Oc1ccc2c(c1)S(=O)C=C2C1CCCCC1. The van der Waals surface area contributed by atoms with Gasteiger partial charge in [0.05, 0.1) is 15.7 Å². The first-order valence-electron chi connectivity index (χ1n) is 6.93. The van der Waals surface area contributed by atoms with Gasteiger partial charge in [-0.1, -0.05) is 19.3 Å². The Morgan fingerprint density at radius 2 is 1.90 bits per heavy atom. The second-order valence-corrected chi connectivity index (χ2v) is 7.86. The Labute approximate surface area is 126 Å². The van der Waals surface area contributed by atoms with Crippen LogP contribution in [0.5, 0.6) is 5.75 Å². The zero-order valence-corrected chi connectivity index (χ0v) is 13.1. The summed E-state index contributed by atoms with van der Waals surface area (Å²) in [7, 11) is -5.31. The van der Waals surface area contributed by atoms with Gasteiger partial charge in [0.1, 0.15) is 5.75 Å². The lowest BCUT2D eigenvalue weighted by Crippen LogP contribution is -2.19. The Balaban J connectivity index is 1.91. The van der Waals surface area contributed by atoms with Gasteiger partial charge in [0.2, 0.25) is 0 Å². The topological polar surface area (TPSA) is 86.5 Å². The van der Waals surface area contributed by atoms with Gasteiger partial charge >= 0.3 is 10.3 Å². The van der Waals surface area contributed by atoms with Gasteiger partial charge in [0.15, 0.2) is 0 Å². The highest BCUT2D eigenvalue weighted by Gasteiger charge is 2.28. The monoisotopic (exact) mass is 327 g/mol. The van der Waals surface area contributed by atoms with Crippen molar-refractivity contribution in [3.63, 3.8) is 0 Å². The Hall–Kier alpha value is -1.18. The molecular formula is C14H17NO4S2. The van der Waals surface area contributed by atoms with Crippen LogP contribution in [-0.2, 0) is 21.1 Å². The molecule has 1 fully saturated rings. The third-order valence-corrected chi connectivity index (χ3v) is 5.64. The van der Waals surface area contributed by atoms with Crippen LogP contribution in [0, 0.1) is 5.92 Å². The molecule has 1 heterocycles. The van der Waals surface area contributed by atoms with E-state index >= 15 is 0 Å². The molecule has 0 amide bonds. The molecule has 114 valence electrons. The molecule has 0 bridgehead atoms. The predicted molar refractivity (Wildman–Crippen MR) is 81.1 cm³/mol. The van der Waals surface area contributed by atoms with Crippen LogP contribution in [0.4, 0.5) is 0 Å². The van der Waals surface area contributed by atoms with Gasteiger partial charge in [-0.2, -0.15) is 13.6 Å². The van der Waals surface area contributed by atoms with Gasteiger partial charge in [0.25, 0.3) is 0 Å². The third-order valence-electron chi connectivity index (χ3n) is 3.97. The van der Waals surface area contributed by atoms with Crippen molar-refractivity contribution >= 4 is 26.7 Å². The highest BCUT2D eigenvalue weighted by atomic mass is 32.2.